The molecule has 0 atom stereocenters. The largest absolute Gasteiger partial charge is 0.480 e. The van der Waals surface area contributed by atoms with Gasteiger partial charge < -0.3 is 13.9 Å². The number of nitrogens with zero attached hydrogens (tertiary/aromatic N) is 2. The fourth-order valence-electron chi connectivity index (χ4n) is 3.09. The Hall–Kier alpha value is -2.20. The molecule has 3 aliphatic heterocycles. The van der Waals surface area contributed by atoms with Crippen molar-refractivity contribution < 1.29 is 13.9 Å². The maximum atomic E-state index is 5.86. The van der Waals surface area contributed by atoms with Crippen molar-refractivity contribution in [2.24, 2.45) is 0 Å². The van der Waals surface area contributed by atoms with Crippen LogP contribution in [-0.2, 0) is 9.47 Å². The van der Waals surface area contributed by atoms with Gasteiger partial charge in [0.25, 0.3) is 0 Å². The molecule has 2 aromatic carbocycles. The molecule has 4 heterocycles. The highest BCUT2D eigenvalue weighted by molar-refractivity contribution is 8.35. The Balaban J connectivity index is 1.16. The molecule has 0 N–H and O–H groups in total. The number of rotatable bonds is 3. The van der Waals surface area contributed by atoms with E-state index >= 15 is 0 Å². The van der Waals surface area contributed by atoms with Crippen molar-refractivity contribution in [1.82, 2.24) is 10.2 Å². The van der Waals surface area contributed by atoms with E-state index in [1.807, 2.05) is 42.5 Å². The van der Waals surface area contributed by atoms with E-state index in [1.165, 1.54) is 13.4 Å². The maximum Gasteiger partial charge on any atom is 0.248 e. The Kier molecular flexibility index (Phi) is 5.27. The Labute approximate surface area is 195 Å². The Bertz CT molecular complexity index is 1210. The SMILES string of the molecule is C1=C(c2ccc(-c3nnc(-c4ccccc4)o3)cc2)SC(=C2SC3=C(OCCO3)S2)S1. The lowest BCUT2D eigenvalue weighted by atomic mass is 10.1. The number of ether oxygens (including phenoxy) is 2. The Morgan fingerprint density at radius 1 is 0.645 bits per heavy atom. The summed E-state index contributed by atoms with van der Waals surface area (Å²) in [7, 11) is 0. The van der Waals surface area contributed by atoms with E-state index in [0.29, 0.717) is 25.0 Å². The van der Waals surface area contributed by atoms with E-state index in [1.54, 1.807) is 47.0 Å². The molecule has 3 aromatic rings. The molecule has 154 valence electrons. The molecule has 0 aliphatic carbocycles. The number of hydrogen-bond acceptors (Lipinski definition) is 9. The first-order chi connectivity index (χ1) is 15.3. The molecule has 0 spiro atoms. The van der Waals surface area contributed by atoms with Crippen LogP contribution in [0.2, 0.25) is 0 Å². The van der Waals surface area contributed by atoms with Crippen LogP contribution in [0.25, 0.3) is 27.8 Å². The first-order valence-electron chi connectivity index (χ1n) is 9.48. The molecule has 0 fully saturated rings. The zero-order valence-electron chi connectivity index (χ0n) is 15.9. The van der Waals surface area contributed by atoms with E-state index in [9.17, 15) is 0 Å². The maximum absolute atomic E-state index is 5.86. The number of aromatic nitrogens is 2. The average molecular weight is 483 g/mol. The highest BCUT2D eigenvalue weighted by Crippen LogP contribution is 2.60. The first-order valence-corrected chi connectivity index (χ1v) is 12.8. The van der Waals surface area contributed by atoms with Crippen LogP contribution in [0, 0.1) is 0 Å². The fourth-order valence-corrected chi connectivity index (χ4v) is 8.00. The van der Waals surface area contributed by atoms with Crippen LogP contribution >= 0.6 is 47.0 Å². The van der Waals surface area contributed by atoms with Crippen LogP contribution in [0.1, 0.15) is 5.56 Å². The van der Waals surface area contributed by atoms with Gasteiger partial charge in [-0.05, 0) is 58.8 Å². The highest BCUT2D eigenvalue weighted by atomic mass is 32.2. The second kappa shape index (κ2) is 8.38. The summed E-state index contributed by atoms with van der Waals surface area (Å²) >= 11 is 6.86. The second-order valence-corrected chi connectivity index (χ2v) is 11.0. The molecular formula is C22H14N2O3S4. The normalized spacial score (nSPS) is 18.0. The number of thioether (sulfide) groups is 4. The van der Waals surface area contributed by atoms with Crippen LogP contribution in [0.15, 0.2) is 83.1 Å². The lowest BCUT2D eigenvalue weighted by Crippen LogP contribution is -2.08. The van der Waals surface area contributed by atoms with Gasteiger partial charge in [-0.1, -0.05) is 53.9 Å². The molecule has 6 rings (SSSR count). The average Bonchev–Trinajstić information content (AvgIpc) is 3.59. The molecule has 3 aliphatic rings. The van der Waals surface area contributed by atoms with Gasteiger partial charge in [0.2, 0.25) is 22.0 Å². The summed E-state index contributed by atoms with van der Waals surface area (Å²) in [6.07, 6.45) is 0. The Morgan fingerprint density at radius 3 is 1.94 bits per heavy atom. The fraction of sp³-hybridized carbons (Fsp3) is 0.0909. The van der Waals surface area contributed by atoms with Gasteiger partial charge in [0.05, 0.1) is 8.47 Å². The highest BCUT2D eigenvalue weighted by Gasteiger charge is 2.31. The van der Waals surface area contributed by atoms with Crippen LogP contribution in [0.5, 0.6) is 0 Å². The third-order valence-corrected chi connectivity index (χ3v) is 9.92. The smallest absolute Gasteiger partial charge is 0.248 e. The minimum atomic E-state index is 0.519. The third-order valence-electron chi connectivity index (χ3n) is 4.59. The molecular weight excluding hydrogens is 469 g/mol. The summed E-state index contributed by atoms with van der Waals surface area (Å²) in [6, 6.07) is 18.0. The van der Waals surface area contributed by atoms with Crippen LogP contribution in [0.3, 0.4) is 0 Å². The summed E-state index contributed by atoms with van der Waals surface area (Å²) in [6.45, 7) is 1.25. The Morgan fingerprint density at radius 2 is 1.26 bits per heavy atom. The number of hydrogen-bond donors (Lipinski definition) is 0. The zero-order valence-corrected chi connectivity index (χ0v) is 19.2. The lowest BCUT2D eigenvalue weighted by molar-refractivity contribution is 0.0949. The van der Waals surface area contributed by atoms with Gasteiger partial charge in [-0.3, -0.25) is 0 Å². The van der Waals surface area contributed by atoms with Crippen LogP contribution < -0.4 is 0 Å². The standard InChI is InChI=1S/C22H14N2O3S4/c1-2-4-14(5-3-1)17-23-24-18(27-17)15-8-6-13(7-9-15)16-12-28-21(29-16)22-30-19-20(31-22)26-11-10-25-19/h1-9,12H,10-11H2. The molecule has 1 aromatic heterocycles. The minimum Gasteiger partial charge on any atom is -0.480 e. The molecule has 5 nitrogen and oxygen atoms in total. The summed E-state index contributed by atoms with van der Waals surface area (Å²) in [4.78, 5) is 1.22. The first kappa shape index (κ1) is 19.5. The summed E-state index contributed by atoms with van der Waals surface area (Å²) in [5, 5.41) is 12.4. The molecule has 0 saturated heterocycles. The molecule has 0 bridgehead atoms. The van der Waals surface area contributed by atoms with Crippen molar-refractivity contribution >= 4 is 52.0 Å². The zero-order chi connectivity index (χ0) is 20.6. The van der Waals surface area contributed by atoms with Crippen molar-refractivity contribution in [2.45, 2.75) is 0 Å². The predicted octanol–water partition coefficient (Wildman–Crippen LogP) is 6.96. The topological polar surface area (TPSA) is 57.4 Å². The predicted molar refractivity (Wildman–Crippen MR) is 129 cm³/mol. The summed E-state index contributed by atoms with van der Waals surface area (Å²) in [5.74, 6) is 1.04. The third kappa shape index (κ3) is 3.91. The van der Waals surface area contributed by atoms with Gasteiger partial charge in [-0.2, -0.15) is 0 Å². The molecule has 0 radical (unpaired) electrons. The summed E-state index contributed by atoms with van der Waals surface area (Å²) < 4.78 is 19.7. The van der Waals surface area contributed by atoms with Crippen molar-refractivity contribution in [3.8, 4) is 22.9 Å². The van der Waals surface area contributed by atoms with Gasteiger partial charge in [0, 0.05) is 16.0 Å². The van der Waals surface area contributed by atoms with Gasteiger partial charge in [0.1, 0.15) is 13.2 Å². The van der Waals surface area contributed by atoms with E-state index in [2.05, 4.69) is 27.7 Å². The van der Waals surface area contributed by atoms with Crippen molar-refractivity contribution in [1.29, 1.82) is 0 Å². The summed E-state index contributed by atoms with van der Waals surface area (Å²) in [5.41, 5.74) is 2.98. The molecule has 31 heavy (non-hydrogen) atoms. The van der Waals surface area contributed by atoms with E-state index in [0.717, 1.165) is 26.9 Å². The monoisotopic (exact) mass is 482 g/mol. The van der Waals surface area contributed by atoms with Crippen molar-refractivity contribution in [3.63, 3.8) is 0 Å². The van der Waals surface area contributed by atoms with Crippen LogP contribution in [0.4, 0.5) is 0 Å². The van der Waals surface area contributed by atoms with E-state index in [-0.39, 0.29) is 0 Å². The van der Waals surface area contributed by atoms with Crippen LogP contribution in [-0.4, -0.2) is 23.4 Å². The van der Waals surface area contributed by atoms with Gasteiger partial charge in [-0.25, -0.2) is 0 Å². The van der Waals surface area contributed by atoms with Crippen molar-refractivity contribution in [3.05, 3.63) is 84.2 Å². The molecule has 9 heteroatoms. The quantitative estimate of drug-likeness (QED) is 0.394. The van der Waals surface area contributed by atoms with Gasteiger partial charge >= 0.3 is 0 Å². The number of benzene rings is 2. The minimum absolute atomic E-state index is 0.519. The second-order valence-electron chi connectivity index (χ2n) is 6.61. The lowest BCUT2D eigenvalue weighted by Gasteiger charge is -2.13. The van der Waals surface area contributed by atoms with Gasteiger partial charge in [0.15, 0.2) is 0 Å². The van der Waals surface area contributed by atoms with E-state index in [4.69, 9.17) is 13.9 Å². The van der Waals surface area contributed by atoms with Gasteiger partial charge in [-0.15, -0.1) is 10.2 Å². The molecule has 0 amide bonds. The molecule has 0 saturated carbocycles. The molecule has 0 unspecified atom stereocenters. The van der Waals surface area contributed by atoms with E-state index < -0.39 is 0 Å². The van der Waals surface area contributed by atoms with Crippen molar-refractivity contribution in [2.75, 3.05) is 13.2 Å².